The number of carbonyl (C=O) groups is 1. The van der Waals surface area contributed by atoms with E-state index in [9.17, 15) is 14.7 Å². The number of hydrogen-bond acceptors (Lipinski definition) is 7. The fourth-order valence-electron chi connectivity index (χ4n) is 5.28. The summed E-state index contributed by atoms with van der Waals surface area (Å²) in [7, 11) is 1.59. The second-order valence-corrected chi connectivity index (χ2v) is 9.58. The van der Waals surface area contributed by atoms with Gasteiger partial charge < -0.3 is 14.6 Å². The normalized spacial score (nSPS) is 17.8. The molecule has 2 saturated heterocycles. The maximum Gasteiger partial charge on any atom is 0.338 e. The fraction of sp³-hybridized carbons (Fsp3) is 0.429. The van der Waals surface area contributed by atoms with E-state index >= 15 is 0 Å². The minimum Gasteiger partial charge on any atom is -0.497 e. The van der Waals surface area contributed by atoms with Gasteiger partial charge in [0.15, 0.2) is 0 Å². The van der Waals surface area contributed by atoms with Crippen LogP contribution in [-0.2, 0) is 11.3 Å². The van der Waals surface area contributed by atoms with E-state index in [1.165, 1.54) is 0 Å². The van der Waals surface area contributed by atoms with Gasteiger partial charge in [-0.15, -0.1) is 0 Å². The van der Waals surface area contributed by atoms with Crippen LogP contribution in [0.1, 0.15) is 16.1 Å². The van der Waals surface area contributed by atoms with Crippen LogP contribution < -0.4 is 10.3 Å². The number of rotatable bonds is 8. The predicted octanol–water partition coefficient (Wildman–Crippen LogP) is 2.15. The van der Waals surface area contributed by atoms with Crippen LogP contribution in [-0.4, -0.2) is 103 Å². The molecule has 37 heavy (non-hydrogen) atoms. The van der Waals surface area contributed by atoms with Gasteiger partial charge in [0.1, 0.15) is 5.75 Å². The summed E-state index contributed by atoms with van der Waals surface area (Å²) in [5.41, 5.74) is 1.09. The van der Waals surface area contributed by atoms with Crippen molar-refractivity contribution >= 4 is 16.7 Å². The van der Waals surface area contributed by atoms with Crippen molar-refractivity contribution in [1.29, 1.82) is 0 Å². The molecule has 0 saturated carbocycles. The number of carboxylic acid groups (broad SMARTS) is 1. The summed E-state index contributed by atoms with van der Waals surface area (Å²) in [6.07, 6.45) is 0. The molecule has 1 N–H and O–H groups in total. The number of aromatic carboxylic acids is 1. The van der Waals surface area contributed by atoms with Crippen molar-refractivity contribution < 1.29 is 19.4 Å². The molecule has 2 aliphatic rings. The Morgan fingerprint density at radius 2 is 1.46 bits per heavy atom. The average molecular weight is 507 g/mol. The summed E-state index contributed by atoms with van der Waals surface area (Å²) in [4.78, 5) is 33.4. The van der Waals surface area contributed by atoms with Crippen LogP contribution in [0.5, 0.6) is 5.75 Å². The van der Waals surface area contributed by atoms with Gasteiger partial charge in [0, 0.05) is 75.4 Å². The van der Waals surface area contributed by atoms with Crippen LogP contribution in [0.4, 0.5) is 0 Å². The number of pyridine rings is 1. The predicted molar refractivity (Wildman–Crippen MR) is 142 cm³/mol. The van der Waals surface area contributed by atoms with Gasteiger partial charge in [-0.05, 0) is 30.3 Å². The summed E-state index contributed by atoms with van der Waals surface area (Å²) in [6, 6.07) is 14.1. The first-order valence-corrected chi connectivity index (χ1v) is 12.8. The van der Waals surface area contributed by atoms with E-state index in [0.29, 0.717) is 34.4 Å². The third kappa shape index (κ3) is 5.55. The van der Waals surface area contributed by atoms with Gasteiger partial charge in [-0.2, -0.15) is 0 Å². The first-order valence-electron chi connectivity index (χ1n) is 12.8. The van der Waals surface area contributed by atoms with E-state index in [0.717, 1.165) is 65.6 Å². The lowest BCUT2D eigenvalue weighted by molar-refractivity contribution is 0.0296. The molecule has 0 bridgehead atoms. The Bertz CT molecular complexity index is 1290. The van der Waals surface area contributed by atoms with Crippen LogP contribution in [0, 0.1) is 0 Å². The standard InChI is InChI=1S/C28H34N4O5/c1-36-22-8-6-21(7-9-22)32-25(26(28(34)35)23-4-2-3-5-24(23)27(32)33)20-31-14-12-29(13-15-31)10-11-30-16-18-37-19-17-30/h2-9H,10-20H2,1H3,(H,34,35). The molecule has 2 aliphatic heterocycles. The molecular formula is C28H34N4O5. The van der Waals surface area contributed by atoms with Crippen LogP contribution in [0.15, 0.2) is 53.3 Å². The molecule has 0 amide bonds. The highest BCUT2D eigenvalue weighted by Crippen LogP contribution is 2.25. The average Bonchev–Trinajstić information content (AvgIpc) is 2.93. The number of benzene rings is 2. The van der Waals surface area contributed by atoms with Crippen molar-refractivity contribution in [2.45, 2.75) is 6.54 Å². The number of methoxy groups -OCH3 is 1. The van der Waals surface area contributed by atoms with E-state index in [4.69, 9.17) is 9.47 Å². The first kappa shape index (κ1) is 25.4. The summed E-state index contributed by atoms with van der Waals surface area (Å²) in [6.45, 7) is 9.46. The van der Waals surface area contributed by atoms with Crippen molar-refractivity contribution in [1.82, 2.24) is 19.3 Å². The van der Waals surface area contributed by atoms with E-state index < -0.39 is 5.97 Å². The van der Waals surface area contributed by atoms with Crippen molar-refractivity contribution in [2.75, 3.05) is 72.7 Å². The minimum atomic E-state index is -1.03. The van der Waals surface area contributed by atoms with Crippen molar-refractivity contribution in [3.8, 4) is 11.4 Å². The molecule has 0 radical (unpaired) electrons. The zero-order valence-electron chi connectivity index (χ0n) is 21.3. The summed E-state index contributed by atoms with van der Waals surface area (Å²) in [5.74, 6) is -0.358. The highest BCUT2D eigenvalue weighted by atomic mass is 16.5. The second kappa shape index (κ2) is 11.4. The van der Waals surface area contributed by atoms with Gasteiger partial charge in [-0.1, -0.05) is 18.2 Å². The van der Waals surface area contributed by atoms with Gasteiger partial charge >= 0.3 is 5.97 Å². The molecule has 5 rings (SSSR count). The Labute approximate surface area is 216 Å². The van der Waals surface area contributed by atoms with E-state index in [-0.39, 0.29) is 11.1 Å². The van der Waals surface area contributed by atoms with Crippen LogP contribution in [0.2, 0.25) is 0 Å². The van der Waals surface area contributed by atoms with Crippen LogP contribution >= 0.6 is 0 Å². The molecule has 0 aliphatic carbocycles. The largest absolute Gasteiger partial charge is 0.497 e. The molecular weight excluding hydrogens is 472 g/mol. The Morgan fingerprint density at radius 3 is 2.08 bits per heavy atom. The molecule has 2 fully saturated rings. The zero-order valence-corrected chi connectivity index (χ0v) is 21.3. The number of nitrogens with zero attached hydrogens (tertiary/aromatic N) is 4. The third-order valence-electron chi connectivity index (χ3n) is 7.41. The summed E-state index contributed by atoms with van der Waals surface area (Å²) in [5, 5.41) is 11.2. The zero-order chi connectivity index (χ0) is 25.8. The number of hydrogen-bond donors (Lipinski definition) is 1. The SMILES string of the molecule is COc1ccc(-n2c(CN3CCN(CCN4CCOCC4)CC3)c(C(=O)O)c3ccccc3c2=O)cc1. The Kier molecular flexibility index (Phi) is 7.85. The smallest absolute Gasteiger partial charge is 0.338 e. The second-order valence-electron chi connectivity index (χ2n) is 9.58. The lowest BCUT2D eigenvalue weighted by atomic mass is 10.0. The molecule has 9 heteroatoms. The topological polar surface area (TPSA) is 87.5 Å². The van der Waals surface area contributed by atoms with E-state index in [1.807, 2.05) is 0 Å². The molecule has 9 nitrogen and oxygen atoms in total. The lowest BCUT2D eigenvalue weighted by Crippen LogP contribution is -2.49. The fourth-order valence-corrected chi connectivity index (χ4v) is 5.28. The minimum absolute atomic E-state index is 0.181. The molecule has 2 aromatic carbocycles. The van der Waals surface area contributed by atoms with Crippen LogP contribution in [0.3, 0.4) is 0 Å². The third-order valence-corrected chi connectivity index (χ3v) is 7.41. The van der Waals surface area contributed by atoms with Gasteiger partial charge in [-0.3, -0.25) is 24.1 Å². The maximum atomic E-state index is 13.7. The maximum absolute atomic E-state index is 13.7. The molecule has 196 valence electrons. The van der Waals surface area contributed by atoms with Gasteiger partial charge in [0.2, 0.25) is 0 Å². The lowest BCUT2D eigenvalue weighted by Gasteiger charge is -2.36. The van der Waals surface area contributed by atoms with Crippen LogP contribution in [0.25, 0.3) is 16.5 Å². The summed E-state index contributed by atoms with van der Waals surface area (Å²) < 4.78 is 12.3. The number of ether oxygens (including phenoxy) is 2. The highest BCUT2D eigenvalue weighted by Gasteiger charge is 2.26. The number of fused-ring (bicyclic) bond motifs is 1. The van der Waals surface area contributed by atoms with Gasteiger partial charge in [0.25, 0.3) is 5.56 Å². The molecule has 0 spiro atoms. The van der Waals surface area contributed by atoms with Crippen molar-refractivity contribution in [3.63, 3.8) is 0 Å². The Balaban J connectivity index is 1.42. The van der Waals surface area contributed by atoms with Gasteiger partial charge in [0.05, 0.1) is 31.6 Å². The monoisotopic (exact) mass is 506 g/mol. The first-order chi connectivity index (χ1) is 18.0. The molecule has 1 aromatic heterocycles. The number of carboxylic acids is 1. The molecule has 3 heterocycles. The van der Waals surface area contributed by atoms with E-state index in [2.05, 4.69) is 14.7 Å². The molecule has 0 atom stereocenters. The molecule has 0 unspecified atom stereocenters. The quantitative estimate of drug-likeness (QED) is 0.497. The van der Waals surface area contributed by atoms with E-state index in [1.54, 1.807) is 60.2 Å². The van der Waals surface area contributed by atoms with Crippen molar-refractivity contribution in [3.05, 3.63) is 70.1 Å². The highest BCUT2D eigenvalue weighted by molar-refractivity contribution is 6.04. The number of morpholine rings is 1. The number of aromatic nitrogens is 1. The summed E-state index contributed by atoms with van der Waals surface area (Å²) >= 11 is 0. The van der Waals surface area contributed by atoms with Gasteiger partial charge in [-0.25, -0.2) is 4.79 Å². The molecule has 3 aromatic rings. The van der Waals surface area contributed by atoms with Crippen molar-refractivity contribution in [2.24, 2.45) is 0 Å². The number of piperazine rings is 1. The Hall–Kier alpha value is -3.24. The Morgan fingerprint density at radius 1 is 0.865 bits per heavy atom.